The standard InChI is InChI=1S/C23H29ClN2O2/c1-18-6-9-22(10-7-18)28-15-14-25(2)21-8-11-23(27)26(13-12-21)17-19-4-3-5-20(24)16-19/h3-7,9-10,16,21H,8,11-15,17H2,1-2H3. The topological polar surface area (TPSA) is 32.8 Å². The van der Waals surface area contributed by atoms with Crippen LogP contribution in [0, 0.1) is 6.92 Å². The molecule has 1 amide bonds. The number of carbonyl (C=O) groups excluding carboxylic acids is 1. The molecule has 1 fully saturated rings. The Morgan fingerprint density at radius 1 is 1.18 bits per heavy atom. The number of rotatable bonds is 7. The molecule has 1 unspecified atom stereocenters. The summed E-state index contributed by atoms with van der Waals surface area (Å²) in [4.78, 5) is 16.8. The highest BCUT2D eigenvalue weighted by molar-refractivity contribution is 6.30. The number of hydrogen-bond donors (Lipinski definition) is 0. The zero-order valence-corrected chi connectivity index (χ0v) is 17.5. The van der Waals surface area contributed by atoms with Gasteiger partial charge in [0.15, 0.2) is 0 Å². The number of ether oxygens (including phenoxy) is 1. The Morgan fingerprint density at radius 3 is 2.71 bits per heavy atom. The molecule has 0 N–H and O–H groups in total. The maximum Gasteiger partial charge on any atom is 0.222 e. The Kier molecular flexibility index (Phi) is 7.35. The van der Waals surface area contributed by atoms with Crippen LogP contribution in [-0.2, 0) is 11.3 Å². The molecule has 1 atom stereocenters. The average Bonchev–Trinajstić information content (AvgIpc) is 2.85. The minimum Gasteiger partial charge on any atom is -0.492 e. The van der Waals surface area contributed by atoms with E-state index in [4.69, 9.17) is 16.3 Å². The second-order valence-corrected chi connectivity index (χ2v) is 8.00. The smallest absolute Gasteiger partial charge is 0.222 e. The largest absolute Gasteiger partial charge is 0.492 e. The van der Waals surface area contributed by atoms with Crippen LogP contribution in [0.5, 0.6) is 5.75 Å². The molecule has 150 valence electrons. The van der Waals surface area contributed by atoms with Crippen molar-refractivity contribution in [1.29, 1.82) is 0 Å². The first-order valence-corrected chi connectivity index (χ1v) is 10.3. The average molecular weight is 401 g/mol. The van der Waals surface area contributed by atoms with E-state index in [1.807, 2.05) is 41.3 Å². The van der Waals surface area contributed by atoms with Crippen LogP contribution in [0.1, 0.15) is 30.4 Å². The summed E-state index contributed by atoms with van der Waals surface area (Å²) in [5.74, 6) is 1.13. The van der Waals surface area contributed by atoms with E-state index in [9.17, 15) is 4.79 Å². The van der Waals surface area contributed by atoms with Gasteiger partial charge in [0.2, 0.25) is 5.91 Å². The van der Waals surface area contributed by atoms with Crippen LogP contribution in [0.3, 0.4) is 0 Å². The summed E-state index contributed by atoms with van der Waals surface area (Å²) in [6, 6.07) is 16.3. The summed E-state index contributed by atoms with van der Waals surface area (Å²) >= 11 is 6.07. The van der Waals surface area contributed by atoms with E-state index in [0.717, 1.165) is 37.2 Å². The Balaban J connectivity index is 1.47. The SMILES string of the molecule is Cc1ccc(OCCN(C)C2CCC(=O)N(Cc3cccc(Cl)c3)CC2)cc1. The first-order valence-electron chi connectivity index (χ1n) is 9.93. The van der Waals surface area contributed by atoms with Crippen molar-refractivity contribution in [2.75, 3.05) is 26.7 Å². The van der Waals surface area contributed by atoms with Crippen molar-refractivity contribution < 1.29 is 9.53 Å². The van der Waals surface area contributed by atoms with Gasteiger partial charge in [-0.2, -0.15) is 0 Å². The van der Waals surface area contributed by atoms with Gasteiger partial charge in [-0.05, 0) is 56.6 Å². The van der Waals surface area contributed by atoms with Gasteiger partial charge in [0.1, 0.15) is 12.4 Å². The van der Waals surface area contributed by atoms with Gasteiger partial charge in [-0.1, -0.05) is 41.4 Å². The molecule has 0 aromatic heterocycles. The number of nitrogens with zero attached hydrogens (tertiary/aromatic N) is 2. The van der Waals surface area contributed by atoms with E-state index in [2.05, 4.69) is 31.0 Å². The van der Waals surface area contributed by atoms with Crippen LogP contribution in [0.15, 0.2) is 48.5 Å². The van der Waals surface area contributed by atoms with Gasteiger partial charge in [0.25, 0.3) is 0 Å². The van der Waals surface area contributed by atoms with Gasteiger partial charge in [0, 0.05) is 37.1 Å². The molecule has 2 aromatic rings. The van der Waals surface area contributed by atoms with Gasteiger partial charge in [-0.25, -0.2) is 0 Å². The van der Waals surface area contributed by atoms with E-state index in [1.54, 1.807) is 0 Å². The van der Waals surface area contributed by atoms with E-state index in [0.29, 0.717) is 30.6 Å². The number of benzene rings is 2. The lowest BCUT2D eigenvalue weighted by Gasteiger charge is -2.27. The van der Waals surface area contributed by atoms with Crippen molar-refractivity contribution in [2.24, 2.45) is 0 Å². The van der Waals surface area contributed by atoms with Crippen LogP contribution in [0.4, 0.5) is 0 Å². The molecule has 0 bridgehead atoms. The number of aryl methyl sites for hydroxylation is 1. The third-order valence-electron chi connectivity index (χ3n) is 5.40. The van der Waals surface area contributed by atoms with E-state index in [-0.39, 0.29) is 5.91 Å². The van der Waals surface area contributed by atoms with Gasteiger partial charge >= 0.3 is 0 Å². The lowest BCUT2D eigenvalue weighted by Crippen LogP contribution is -2.36. The molecule has 0 aliphatic carbocycles. The van der Waals surface area contributed by atoms with Crippen LogP contribution in [-0.4, -0.2) is 48.5 Å². The lowest BCUT2D eigenvalue weighted by molar-refractivity contribution is -0.131. The highest BCUT2D eigenvalue weighted by atomic mass is 35.5. The molecule has 0 saturated carbocycles. The van der Waals surface area contributed by atoms with E-state index < -0.39 is 0 Å². The Hall–Kier alpha value is -2.04. The van der Waals surface area contributed by atoms with Crippen LogP contribution >= 0.6 is 11.6 Å². The number of likely N-dealkylation sites (tertiary alicyclic amines) is 1. The number of amides is 1. The molecule has 3 rings (SSSR count). The lowest BCUT2D eigenvalue weighted by atomic mass is 10.1. The molecule has 1 heterocycles. The highest BCUT2D eigenvalue weighted by Crippen LogP contribution is 2.20. The minimum absolute atomic E-state index is 0.229. The third-order valence-corrected chi connectivity index (χ3v) is 5.63. The van der Waals surface area contributed by atoms with Crippen molar-refractivity contribution >= 4 is 17.5 Å². The Bertz CT molecular complexity index is 778. The summed E-state index contributed by atoms with van der Waals surface area (Å²) in [6.45, 7) is 4.98. The summed E-state index contributed by atoms with van der Waals surface area (Å²) in [5, 5.41) is 0.714. The van der Waals surface area contributed by atoms with Crippen LogP contribution < -0.4 is 4.74 Å². The van der Waals surface area contributed by atoms with Crippen LogP contribution in [0.25, 0.3) is 0 Å². The maximum atomic E-state index is 12.5. The molecule has 0 radical (unpaired) electrons. The summed E-state index contributed by atoms with van der Waals surface area (Å²) in [5.41, 5.74) is 2.31. The number of hydrogen-bond acceptors (Lipinski definition) is 3. The molecule has 1 aliphatic rings. The fourth-order valence-electron chi connectivity index (χ4n) is 3.61. The highest BCUT2D eigenvalue weighted by Gasteiger charge is 2.24. The van der Waals surface area contributed by atoms with E-state index >= 15 is 0 Å². The number of halogens is 1. The number of carbonyl (C=O) groups is 1. The predicted molar refractivity (Wildman–Crippen MR) is 114 cm³/mol. The second kappa shape index (κ2) is 9.94. The zero-order valence-electron chi connectivity index (χ0n) is 16.7. The molecule has 1 aliphatic heterocycles. The summed E-state index contributed by atoms with van der Waals surface area (Å²) in [6.07, 6.45) is 2.47. The van der Waals surface area contributed by atoms with Crippen molar-refractivity contribution in [3.63, 3.8) is 0 Å². The Labute approximate surface area is 173 Å². The predicted octanol–water partition coefficient (Wildman–Crippen LogP) is 4.54. The monoisotopic (exact) mass is 400 g/mol. The third kappa shape index (κ3) is 5.98. The van der Waals surface area contributed by atoms with Gasteiger partial charge < -0.3 is 9.64 Å². The fourth-order valence-corrected chi connectivity index (χ4v) is 3.82. The molecule has 28 heavy (non-hydrogen) atoms. The van der Waals surface area contributed by atoms with E-state index in [1.165, 1.54) is 5.56 Å². The van der Waals surface area contributed by atoms with Crippen molar-refractivity contribution in [2.45, 2.75) is 38.8 Å². The molecule has 5 heteroatoms. The molecule has 2 aromatic carbocycles. The maximum absolute atomic E-state index is 12.5. The molecule has 0 spiro atoms. The molecule has 4 nitrogen and oxygen atoms in total. The fraction of sp³-hybridized carbons (Fsp3) is 0.435. The summed E-state index contributed by atoms with van der Waals surface area (Å²) in [7, 11) is 2.13. The van der Waals surface area contributed by atoms with Crippen molar-refractivity contribution in [3.8, 4) is 5.75 Å². The normalized spacial score (nSPS) is 17.6. The van der Waals surface area contributed by atoms with Gasteiger partial charge in [-0.15, -0.1) is 0 Å². The second-order valence-electron chi connectivity index (χ2n) is 7.57. The molecule has 1 saturated heterocycles. The minimum atomic E-state index is 0.229. The Morgan fingerprint density at radius 2 is 1.96 bits per heavy atom. The zero-order chi connectivity index (χ0) is 19.9. The van der Waals surface area contributed by atoms with Gasteiger partial charge in [-0.3, -0.25) is 9.69 Å². The quantitative estimate of drug-likeness (QED) is 0.684. The van der Waals surface area contributed by atoms with Crippen molar-refractivity contribution in [1.82, 2.24) is 9.80 Å². The van der Waals surface area contributed by atoms with Crippen molar-refractivity contribution in [3.05, 3.63) is 64.7 Å². The first kappa shape index (κ1) is 20.7. The summed E-state index contributed by atoms with van der Waals surface area (Å²) < 4.78 is 5.85. The first-order chi connectivity index (χ1) is 13.5. The van der Waals surface area contributed by atoms with Crippen LogP contribution in [0.2, 0.25) is 5.02 Å². The van der Waals surface area contributed by atoms with Gasteiger partial charge in [0.05, 0.1) is 0 Å². The molecular weight excluding hydrogens is 372 g/mol. The molecular formula is C23H29ClN2O2. The number of likely N-dealkylation sites (N-methyl/N-ethyl adjacent to an activating group) is 1.